The number of carbonyl (C=O) groups is 2. The van der Waals surface area contributed by atoms with Crippen LogP contribution in [0, 0.1) is 0 Å². The van der Waals surface area contributed by atoms with Crippen LogP contribution in [-0.4, -0.2) is 38.5 Å². The van der Waals surface area contributed by atoms with Gasteiger partial charge in [-0.2, -0.15) is 0 Å². The highest BCUT2D eigenvalue weighted by molar-refractivity contribution is 6.32. The molecular weight excluding hydrogens is 449 g/mol. The minimum absolute atomic E-state index is 0.119. The number of esters is 1. The first-order chi connectivity index (χ1) is 17.2. The maximum atomic E-state index is 12.8. The van der Waals surface area contributed by atoms with Gasteiger partial charge in [0, 0.05) is 6.54 Å². The van der Waals surface area contributed by atoms with Crippen LogP contribution < -0.4 is 15.5 Å². The van der Waals surface area contributed by atoms with E-state index in [9.17, 15) is 9.59 Å². The van der Waals surface area contributed by atoms with Gasteiger partial charge in [-0.15, -0.1) is 0 Å². The molecule has 1 amide bonds. The van der Waals surface area contributed by atoms with Gasteiger partial charge in [-0.05, 0) is 68.5 Å². The molecule has 0 unspecified atom stereocenters. The van der Waals surface area contributed by atoms with Crippen molar-refractivity contribution < 1.29 is 19.1 Å². The molecule has 1 N–H and O–H groups in total. The van der Waals surface area contributed by atoms with Crippen LogP contribution in [0.1, 0.15) is 66.8 Å². The summed E-state index contributed by atoms with van der Waals surface area (Å²) in [7, 11) is 1.97. The van der Waals surface area contributed by atoms with Crippen LogP contribution in [0.2, 0.25) is 0 Å². The number of amides is 1. The summed E-state index contributed by atoms with van der Waals surface area (Å²) in [6.45, 7) is 8.82. The maximum Gasteiger partial charge on any atom is 0.338 e. The molecule has 3 aromatic carbocycles. The highest BCUT2D eigenvalue weighted by atomic mass is 16.6. The number of rotatable bonds is 10. The van der Waals surface area contributed by atoms with E-state index in [2.05, 4.69) is 36.5 Å². The molecule has 0 saturated carbocycles. The lowest BCUT2D eigenvalue weighted by molar-refractivity contribution is 0.00694. The molecule has 6 heteroatoms. The number of unbranched alkanes of at least 4 members (excludes halogenated alkanes) is 1. The van der Waals surface area contributed by atoms with Crippen molar-refractivity contribution in [2.45, 2.75) is 52.6 Å². The summed E-state index contributed by atoms with van der Waals surface area (Å²) in [6.07, 6.45) is 2.73. The predicted molar refractivity (Wildman–Crippen MR) is 148 cm³/mol. The fourth-order valence-electron chi connectivity index (χ4n) is 3.69. The Kier molecular flexibility index (Phi) is 9.35. The fraction of sp³-hybridized carbons (Fsp3) is 0.333. The van der Waals surface area contributed by atoms with Gasteiger partial charge < -0.3 is 14.8 Å². The third-order valence-corrected chi connectivity index (χ3v) is 5.64. The number of benzene rings is 3. The Morgan fingerprint density at radius 1 is 0.917 bits per heavy atom. The highest BCUT2D eigenvalue weighted by Gasteiger charge is 2.18. The molecule has 5 nitrogen and oxygen atoms in total. The molecule has 3 aromatic rings. The van der Waals surface area contributed by atoms with Gasteiger partial charge in [0.1, 0.15) is 19.2 Å². The van der Waals surface area contributed by atoms with E-state index in [1.54, 1.807) is 12.1 Å². The minimum Gasteiger partial charge on any atom is -0.493 e. The van der Waals surface area contributed by atoms with E-state index in [4.69, 9.17) is 9.47 Å². The van der Waals surface area contributed by atoms with Crippen molar-refractivity contribution in [2.24, 2.45) is 0 Å². The lowest BCUT2D eigenvalue weighted by Crippen LogP contribution is -2.27. The van der Waals surface area contributed by atoms with Crippen LogP contribution in [0.4, 0.5) is 0 Å². The summed E-state index contributed by atoms with van der Waals surface area (Å²) in [4.78, 5) is 25.0. The lowest BCUT2D eigenvalue weighted by Gasteiger charge is -2.19. The van der Waals surface area contributed by atoms with Gasteiger partial charge in [0.15, 0.2) is 0 Å². The van der Waals surface area contributed by atoms with Crippen LogP contribution in [-0.2, 0) is 11.2 Å². The third-order valence-electron chi connectivity index (χ3n) is 5.64. The average Bonchev–Trinajstić information content (AvgIpc) is 2.84. The van der Waals surface area contributed by atoms with Gasteiger partial charge in [0.2, 0.25) is 0 Å². The Morgan fingerprint density at radius 3 is 2.17 bits per heavy atom. The molecule has 0 aromatic heterocycles. The van der Waals surface area contributed by atoms with Gasteiger partial charge in [-0.3, -0.25) is 4.79 Å². The standard InChI is InChI=1S/C30H36BNO4/c1-5-6-19-35-27-16-15-25(31)20-26(27)28(33)32-18-17-21-7-9-22(10-8-21)23-11-13-24(14-12-23)29(34)36-30(2,3)4/h7-16,20H,5-6,17-19,31H2,1-4H3,(H,32,33). The van der Waals surface area contributed by atoms with E-state index in [1.807, 2.05) is 58.9 Å². The van der Waals surface area contributed by atoms with Crippen LogP contribution >= 0.6 is 0 Å². The molecule has 0 spiro atoms. The second-order valence-electron chi connectivity index (χ2n) is 9.98. The van der Waals surface area contributed by atoms with Gasteiger partial charge in [-0.25, -0.2) is 4.79 Å². The maximum absolute atomic E-state index is 12.8. The zero-order valence-electron chi connectivity index (χ0n) is 22.0. The first-order valence-electron chi connectivity index (χ1n) is 12.6. The summed E-state index contributed by atoms with van der Waals surface area (Å²) >= 11 is 0. The number of hydrogen-bond acceptors (Lipinski definition) is 4. The van der Waals surface area contributed by atoms with Crippen molar-refractivity contribution in [1.82, 2.24) is 5.32 Å². The Bertz CT molecular complexity index is 1170. The van der Waals surface area contributed by atoms with E-state index >= 15 is 0 Å². The van der Waals surface area contributed by atoms with E-state index in [0.717, 1.165) is 41.4 Å². The number of carbonyl (C=O) groups excluding carboxylic acids is 2. The summed E-state index contributed by atoms with van der Waals surface area (Å²) in [5.41, 5.74) is 4.84. The van der Waals surface area contributed by atoms with Gasteiger partial charge >= 0.3 is 5.97 Å². The fourth-order valence-corrected chi connectivity index (χ4v) is 3.69. The molecule has 0 saturated heterocycles. The van der Waals surface area contributed by atoms with Crippen LogP contribution in [0.5, 0.6) is 5.75 Å². The zero-order valence-corrected chi connectivity index (χ0v) is 22.0. The van der Waals surface area contributed by atoms with Crippen LogP contribution in [0.3, 0.4) is 0 Å². The first kappa shape index (κ1) is 27.1. The van der Waals surface area contributed by atoms with Crippen molar-refractivity contribution >= 4 is 25.2 Å². The quantitative estimate of drug-likeness (QED) is 0.257. The van der Waals surface area contributed by atoms with Gasteiger partial charge in [-0.1, -0.05) is 67.3 Å². The highest BCUT2D eigenvalue weighted by Crippen LogP contribution is 2.22. The molecule has 0 fully saturated rings. The number of ether oxygens (including phenoxy) is 2. The lowest BCUT2D eigenvalue weighted by atomic mass is 9.93. The van der Waals surface area contributed by atoms with E-state index in [1.165, 1.54) is 0 Å². The second kappa shape index (κ2) is 12.4. The topological polar surface area (TPSA) is 64.6 Å². The Labute approximate surface area is 215 Å². The van der Waals surface area contributed by atoms with Gasteiger partial charge in [0.05, 0.1) is 17.7 Å². The first-order valence-corrected chi connectivity index (χ1v) is 12.6. The molecule has 3 rings (SSSR count). The van der Waals surface area contributed by atoms with Crippen molar-refractivity contribution in [3.63, 3.8) is 0 Å². The minimum atomic E-state index is -0.518. The Morgan fingerprint density at radius 2 is 1.56 bits per heavy atom. The second-order valence-corrected chi connectivity index (χ2v) is 9.98. The molecule has 0 aliphatic rings. The smallest absolute Gasteiger partial charge is 0.338 e. The average molecular weight is 485 g/mol. The normalized spacial score (nSPS) is 11.1. The monoisotopic (exact) mass is 485 g/mol. The summed E-state index contributed by atoms with van der Waals surface area (Å²) in [5.74, 6) is 0.192. The van der Waals surface area contributed by atoms with Gasteiger partial charge in [0.25, 0.3) is 5.91 Å². The predicted octanol–water partition coefficient (Wildman–Crippen LogP) is 4.72. The molecular formula is C30H36BNO4. The Hall–Kier alpha value is -3.54. The number of hydrogen-bond donors (Lipinski definition) is 1. The molecule has 188 valence electrons. The van der Waals surface area contributed by atoms with Crippen molar-refractivity contribution in [3.05, 3.63) is 83.4 Å². The molecule has 0 bridgehead atoms. The van der Waals surface area contributed by atoms with E-state index in [-0.39, 0.29) is 11.9 Å². The number of nitrogens with one attached hydrogen (secondary N) is 1. The molecule has 0 atom stereocenters. The molecule has 0 radical (unpaired) electrons. The van der Waals surface area contributed by atoms with Crippen molar-refractivity contribution in [1.29, 1.82) is 0 Å². The van der Waals surface area contributed by atoms with E-state index in [0.29, 0.717) is 30.0 Å². The summed E-state index contributed by atoms with van der Waals surface area (Å²) < 4.78 is 11.3. The van der Waals surface area contributed by atoms with Crippen molar-refractivity contribution in [3.8, 4) is 16.9 Å². The van der Waals surface area contributed by atoms with Crippen LogP contribution in [0.25, 0.3) is 11.1 Å². The molecule has 36 heavy (non-hydrogen) atoms. The Balaban J connectivity index is 1.55. The largest absolute Gasteiger partial charge is 0.493 e. The van der Waals surface area contributed by atoms with Crippen LogP contribution in [0.15, 0.2) is 66.7 Å². The molecule has 0 aliphatic heterocycles. The summed E-state index contributed by atoms with van der Waals surface area (Å²) in [5, 5.41) is 3.02. The molecule has 0 heterocycles. The molecule has 0 aliphatic carbocycles. The third kappa shape index (κ3) is 8.01. The summed E-state index contributed by atoms with van der Waals surface area (Å²) in [6, 6.07) is 21.4. The zero-order chi connectivity index (χ0) is 26.1. The SMILES string of the molecule is Bc1ccc(OCCCC)c(C(=O)NCCc2ccc(-c3ccc(C(=O)OC(C)(C)C)cc3)cc2)c1. The van der Waals surface area contributed by atoms with E-state index < -0.39 is 5.60 Å². The van der Waals surface area contributed by atoms with Crippen molar-refractivity contribution in [2.75, 3.05) is 13.2 Å².